The zero-order valence-corrected chi connectivity index (χ0v) is 13.6. The van der Waals surface area contributed by atoms with Gasteiger partial charge in [-0.1, -0.05) is 6.92 Å². The van der Waals surface area contributed by atoms with E-state index in [4.69, 9.17) is 16.2 Å². The number of hydrogen-bond donors (Lipinski definition) is 2. The standard InChI is InChI=1S/C12H19N3O4S2/c1-3-21(17,18)10-8(13)9(11(14)16)20-12(10)15-5-4-7(6-15)19-2/h7H,3-6,13H2,1-2H3,(H2,14,16). The molecular formula is C12H19N3O4S2. The molecule has 1 aliphatic heterocycles. The summed E-state index contributed by atoms with van der Waals surface area (Å²) in [5.74, 6) is -0.792. The van der Waals surface area contributed by atoms with Gasteiger partial charge in [-0.2, -0.15) is 0 Å². The number of amides is 1. The monoisotopic (exact) mass is 333 g/mol. The third kappa shape index (κ3) is 2.85. The zero-order chi connectivity index (χ0) is 15.8. The van der Waals surface area contributed by atoms with E-state index in [-0.39, 0.29) is 27.3 Å². The van der Waals surface area contributed by atoms with Gasteiger partial charge in [0.15, 0.2) is 9.84 Å². The molecule has 1 aromatic heterocycles. The minimum atomic E-state index is -3.54. The average molecular weight is 333 g/mol. The van der Waals surface area contributed by atoms with Crippen molar-refractivity contribution in [3.05, 3.63) is 4.88 Å². The van der Waals surface area contributed by atoms with Crippen molar-refractivity contribution in [2.24, 2.45) is 5.73 Å². The molecule has 1 atom stereocenters. The van der Waals surface area contributed by atoms with Crippen molar-refractivity contribution < 1.29 is 17.9 Å². The lowest BCUT2D eigenvalue weighted by molar-refractivity contribution is 0.100. The SMILES string of the molecule is CCS(=O)(=O)c1c(N2CCC(OC)C2)sc(C(N)=O)c1N. The molecule has 118 valence electrons. The number of methoxy groups -OCH3 is 1. The van der Waals surface area contributed by atoms with Crippen LogP contribution in [0.4, 0.5) is 10.7 Å². The summed E-state index contributed by atoms with van der Waals surface area (Å²) < 4.78 is 29.9. The van der Waals surface area contributed by atoms with Crippen LogP contribution in [0, 0.1) is 0 Å². The molecular weight excluding hydrogens is 314 g/mol. The van der Waals surface area contributed by atoms with Crippen LogP contribution in [0.3, 0.4) is 0 Å². The third-order valence-electron chi connectivity index (χ3n) is 3.56. The van der Waals surface area contributed by atoms with E-state index in [2.05, 4.69) is 0 Å². The van der Waals surface area contributed by atoms with Gasteiger partial charge in [0.25, 0.3) is 5.91 Å². The van der Waals surface area contributed by atoms with Crippen LogP contribution in [-0.2, 0) is 14.6 Å². The Morgan fingerprint density at radius 1 is 1.52 bits per heavy atom. The van der Waals surface area contributed by atoms with Gasteiger partial charge in [-0.05, 0) is 6.42 Å². The van der Waals surface area contributed by atoms with Crippen molar-refractivity contribution in [3.63, 3.8) is 0 Å². The highest BCUT2D eigenvalue weighted by Crippen LogP contribution is 2.43. The van der Waals surface area contributed by atoms with Gasteiger partial charge in [-0.3, -0.25) is 4.79 Å². The normalized spacial score (nSPS) is 19.1. The lowest BCUT2D eigenvalue weighted by Gasteiger charge is -2.18. The molecule has 2 rings (SSSR count). The number of ether oxygens (including phenoxy) is 1. The molecule has 0 bridgehead atoms. The highest BCUT2D eigenvalue weighted by atomic mass is 32.2. The first-order valence-corrected chi connectivity index (χ1v) is 9.01. The van der Waals surface area contributed by atoms with Crippen LogP contribution in [-0.4, -0.2) is 46.4 Å². The first-order chi connectivity index (χ1) is 9.81. The minimum Gasteiger partial charge on any atom is -0.396 e. The summed E-state index contributed by atoms with van der Waals surface area (Å²) in [5.41, 5.74) is 11.1. The molecule has 1 amide bonds. The van der Waals surface area contributed by atoms with Crippen molar-refractivity contribution in [2.75, 3.05) is 36.6 Å². The van der Waals surface area contributed by atoms with E-state index >= 15 is 0 Å². The van der Waals surface area contributed by atoms with Crippen LogP contribution in [0.5, 0.6) is 0 Å². The summed E-state index contributed by atoms with van der Waals surface area (Å²) in [5, 5.41) is 0.489. The van der Waals surface area contributed by atoms with Gasteiger partial charge in [0.1, 0.15) is 14.8 Å². The fraction of sp³-hybridized carbons (Fsp3) is 0.583. The number of nitrogen functional groups attached to an aromatic ring is 1. The van der Waals surface area contributed by atoms with E-state index in [0.717, 1.165) is 17.8 Å². The molecule has 1 aromatic rings. The Balaban J connectivity index is 2.55. The van der Waals surface area contributed by atoms with Gasteiger partial charge >= 0.3 is 0 Å². The molecule has 1 aliphatic rings. The molecule has 1 saturated heterocycles. The summed E-state index contributed by atoms with van der Waals surface area (Å²) in [6, 6.07) is 0. The van der Waals surface area contributed by atoms with Crippen LogP contribution < -0.4 is 16.4 Å². The average Bonchev–Trinajstić information content (AvgIpc) is 3.02. The van der Waals surface area contributed by atoms with Crippen LogP contribution in [0.1, 0.15) is 23.0 Å². The number of sulfone groups is 1. The van der Waals surface area contributed by atoms with E-state index in [1.54, 1.807) is 14.0 Å². The predicted molar refractivity (Wildman–Crippen MR) is 82.6 cm³/mol. The second-order valence-corrected chi connectivity index (χ2v) is 8.05. The first kappa shape index (κ1) is 16.1. The second-order valence-electron chi connectivity index (χ2n) is 4.84. The largest absolute Gasteiger partial charge is 0.396 e. The van der Waals surface area contributed by atoms with Crippen LogP contribution in [0.2, 0.25) is 0 Å². The summed E-state index contributed by atoms with van der Waals surface area (Å²) in [6.07, 6.45) is 0.841. The fourth-order valence-electron chi connectivity index (χ4n) is 2.36. The van der Waals surface area contributed by atoms with Gasteiger partial charge < -0.3 is 21.1 Å². The van der Waals surface area contributed by atoms with Crippen molar-refractivity contribution in [1.29, 1.82) is 0 Å². The van der Waals surface area contributed by atoms with E-state index in [1.165, 1.54) is 0 Å². The maximum Gasteiger partial charge on any atom is 0.261 e. The van der Waals surface area contributed by atoms with Crippen molar-refractivity contribution in [1.82, 2.24) is 0 Å². The Bertz CT molecular complexity index is 654. The smallest absolute Gasteiger partial charge is 0.261 e. The van der Waals surface area contributed by atoms with Gasteiger partial charge in [-0.25, -0.2) is 8.42 Å². The second kappa shape index (κ2) is 5.82. The molecule has 1 unspecified atom stereocenters. The van der Waals surface area contributed by atoms with Crippen LogP contribution in [0.15, 0.2) is 4.90 Å². The Labute approximate surface area is 127 Å². The maximum absolute atomic E-state index is 12.3. The Hall–Kier alpha value is -1.32. The van der Waals surface area contributed by atoms with E-state index in [1.807, 2.05) is 4.90 Å². The number of primary amides is 1. The molecule has 0 radical (unpaired) electrons. The third-order valence-corrected chi connectivity index (χ3v) is 6.77. The van der Waals surface area contributed by atoms with E-state index in [0.29, 0.717) is 18.1 Å². The topological polar surface area (TPSA) is 116 Å². The van der Waals surface area contributed by atoms with Gasteiger partial charge in [0.05, 0.1) is 17.5 Å². The number of carbonyl (C=O) groups excluding carboxylic acids is 1. The molecule has 0 aliphatic carbocycles. The number of nitrogens with zero attached hydrogens (tertiary/aromatic N) is 1. The molecule has 4 N–H and O–H groups in total. The van der Waals surface area contributed by atoms with Gasteiger partial charge in [0, 0.05) is 20.2 Å². The molecule has 9 heteroatoms. The number of carbonyl (C=O) groups is 1. The maximum atomic E-state index is 12.3. The van der Waals surface area contributed by atoms with Crippen molar-refractivity contribution >= 4 is 37.8 Å². The first-order valence-electron chi connectivity index (χ1n) is 6.54. The quantitative estimate of drug-likeness (QED) is 0.808. The summed E-state index contributed by atoms with van der Waals surface area (Å²) in [4.78, 5) is 13.5. The fourth-order valence-corrected chi connectivity index (χ4v) is 5.05. The van der Waals surface area contributed by atoms with Gasteiger partial charge in [-0.15, -0.1) is 11.3 Å². The minimum absolute atomic E-state index is 0.0283. The van der Waals surface area contributed by atoms with Crippen molar-refractivity contribution in [2.45, 2.75) is 24.3 Å². The highest BCUT2D eigenvalue weighted by molar-refractivity contribution is 7.92. The lowest BCUT2D eigenvalue weighted by atomic mass is 10.3. The molecule has 1 fully saturated rings. The highest BCUT2D eigenvalue weighted by Gasteiger charge is 2.33. The van der Waals surface area contributed by atoms with E-state index in [9.17, 15) is 13.2 Å². The summed E-state index contributed by atoms with van der Waals surface area (Å²) >= 11 is 1.04. The Morgan fingerprint density at radius 2 is 2.19 bits per heavy atom. The lowest BCUT2D eigenvalue weighted by Crippen LogP contribution is -2.23. The zero-order valence-electron chi connectivity index (χ0n) is 12.0. The van der Waals surface area contributed by atoms with Crippen LogP contribution in [0.25, 0.3) is 0 Å². The molecule has 21 heavy (non-hydrogen) atoms. The van der Waals surface area contributed by atoms with Crippen LogP contribution >= 0.6 is 11.3 Å². The summed E-state index contributed by atoms with van der Waals surface area (Å²) in [6.45, 7) is 2.77. The molecule has 0 spiro atoms. The number of thiophene rings is 1. The number of hydrogen-bond acceptors (Lipinski definition) is 7. The number of rotatable bonds is 5. The Morgan fingerprint density at radius 3 is 2.67 bits per heavy atom. The predicted octanol–water partition coefficient (Wildman–Crippen LogP) is 0.448. The molecule has 0 aromatic carbocycles. The van der Waals surface area contributed by atoms with E-state index < -0.39 is 15.7 Å². The number of anilines is 2. The molecule has 0 saturated carbocycles. The molecule has 7 nitrogen and oxygen atoms in total. The number of nitrogens with two attached hydrogens (primary N) is 2. The van der Waals surface area contributed by atoms with Crippen molar-refractivity contribution in [3.8, 4) is 0 Å². The Kier molecular flexibility index (Phi) is 4.45. The summed E-state index contributed by atoms with van der Waals surface area (Å²) in [7, 11) is -1.92. The molecule has 2 heterocycles. The van der Waals surface area contributed by atoms with Gasteiger partial charge in [0.2, 0.25) is 0 Å².